The van der Waals surface area contributed by atoms with Crippen LogP contribution in [0, 0.1) is 5.92 Å². The van der Waals surface area contributed by atoms with Gasteiger partial charge in [-0.15, -0.1) is 0 Å². The van der Waals surface area contributed by atoms with Crippen molar-refractivity contribution >= 4 is 23.6 Å². The first-order valence-electron chi connectivity index (χ1n) is 12.1. The van der Waals surface area contributed by atoms with Gasteiger partial charge in [-0.25, -0.2) is 9.59 Å². The molecule has 1 aromatic carbocycles. The van der Waals surface area contributed by atoms with Crippen LogP contribution in [0.4, 0.5) is 21.0 Å². The van der Waals surface area contributed by atoms with E-state index in [1.165, 1.54) is 0 Å². The van der Waals surface area contributed by atoms with E-state index in [2.05, 4.69) is 29.4 Å². The van der Waals surface area contributed by atoms with Crippen LogP contribution in [-0.4, -0.2) is 54.2 Å². The van der Waals surface area contributed by atoms with Crippen molar-refractivity contribution in [3.8, 4) is 0 Å². The predicted octanol–water partition coefficient (Wildman–Crippen LogP) is 5.55. The van der Waals surface area contributed by atoms with Crippen LogP contribution in [0.2, 0.25) is 0 Å². The van der Waals surface area contributed by atoms with Crippen LogP contribution >= 0.6 is 0 Å². The maximum absolute atomic E-state index is 12.0. The summed E-state index contributed by atoms with van der Waals surface area (Å²) in [5.74, 6) is 0.405. The summed E-state index contributed by atoms with van der Waals surface area (Å²) in [7, 11) is 0. The van der Waals surface area contributed by atoms with Crippen molar-refractivity contribution < 1.29 is 24.2 Å². The molecule has 2 amide bonds. The van der Waals surface area contributed by atoms with Gasteiger partial charge in [-0.3, -0.25) is 5.32 Å². The van der Waals surface area contributed by atoms with Crippen LogP contribution in [0.25, 0.3) is 0 Å². The van der Waals surface area contributed by atoms with Gasteiger partial charge in [-0.1, -0.05) is 13.8 Å². The van der Waals surface area contributed by atoms with Crippen LogP contribution in [0.3, 0.4) is 0 Å². The Bertz CT molecular complexity index is 751. The van der Waals surface area contributed by atoms with Crippen LogP contribution in [0.15, 0.2) is 24.3 Å². The van der Waals surface area contributed by atoms with E-state index in [4.69, 9.17) is 9.47 Å². The lowest BCUT2D eigenvalue weighted by molar-refractivity contribution is 0.0525. The van der Waals surface area contributed by atoms with Gasteiger partial charge in [0.15, 0.2) is 0 Å². The maximum atomic E-state index is 12.0. The molecule has 1 atom stereocenters. The molecule has 0 radical (unpaired) electrons. The number of hydrogen-bond donors (Lipinski definition) is 3. The van der Waals surface area contributed by atoms with Crippen LogP contribution in [0.1, 0.15) is 74.7 Å². The normalized spacial score (nSPS) is 12.8. The molecular weight excluding hydrogens is 434 g/mol. The average molecular weight is 480 g/mol. The van der Waals surface area contributed by atoms with E-state index in [1.807, 2.05) is 65.8 Å². The second kappa shape index (κ2) is 13.4. The molecule has 194 valence electrons. The van der Waals surface area contributed by atoms with Crippen molar-refractivity contribution in [3.63, 3.8) is 0 Å². The third-order valence-electron chi connectivity index (χ3n) is 4.69. The first kappa shape index (κ1) is 29.6. The number of anilines is 2. The van der Waals surface area contributed by atoms with E-state index in [1.54, 1.807) is 0 Å². The molecule has 0 saturated carbocycles. The Morgan fingerprint density at radius 1 is 0.941 bits per heavy atom. The number of unbranched alkanes of at least 4 members (excludes halogenated alkanes) is 1. The molecule has 1 unspecified atom stereocenters. The molecular formula is C26H45N3O5. The number of ether oxygens (including phenoxy) is 2. The van der Waals surface area contributed by atoms with Gasteiger partial charge in [0.05, 0.1) is 12.6 Å². The number of rotatable bonds is 11. The van der Waals surface area contributed by atoms with Gasteiger partial charge in [0, 0.05) is 24.5 Å². The van der Waals surface area contributed by atoms with Crippen molar-refractivity contribution in [3.05, 3.63) is 24.3 Å². The molecule has 0 bridgehead atoms. The summed E-state index contributed by atoms with van der Waals surface area (Å²) in [6.45, 7) is 16.6. The minimum absolute atomic E-state index is 0.0319. The second-order valence-electron chi connectivity index (χ2n) is 11.0. The highest BCUT2D eigenvalue weighted by Crippen LogP contribution is 2.24. The highest BCUT2D eigenvalue weighted by molar-refractivity contribution is 5.85. The maximum Gasteiger partial charge on any atom is 0.412 e. The first-order chi connectivity index (χ1) is 15.7. The number of amides is 2. The number of nitrogens with zero attached hydrogens (tertiary/aromatic N) is 1. The molecule has 34 heavy (non-hydrogen) atoms. The molecule has 8 nitrogen and oxygen atoms in total. The van der Waals surface area contributed by atoms with E-state index >= 15 is 0 Å². The summed E-state index contributed by atoms with van der Waals surface area (Å²) < 4.78 is 10.6. The summed E-state index contributed by atoms with van der Waals surface area (Å²) in [5, 5.41) is 15.6. The number of nitrogens with one attached hydrogen (secondary N) is 2. The third-order valence-corrected chi connectivity index (χ3v) is 4.69. The number of aliphatic hydroxyl groups is 1. The zero-order chi connectivity index (χ0) is 25.9. The van der Waals surface area contributed by atoms with Crippen LogP contribution < -0.4 is 15.5 Å². The molecule has 0 aliphatic carbocycles. The summed E-state index contributed by atoms with van der Waals surface area (Å²) >= 11 is 0. The highest BCUT2D eigenvalue weighted by Gasteiger charge is 2.21. The lowest BCUT2D eigenvalue weighted by atomic mass is 10.0. The largest absolute Gasteiger partial charge is 0.444 e. The fourth-order valence-corrected chi connectivity index (χ4v) is 3.37. The molecule has 0 aromatic heterocycles. The molecule has 8 heteroatoms. The highest BCUT2D eigenvalue weighted by atomic mass is 16.6. The molecule has 0 aliphatic heterocycles. The lowest BCUT2D eigenvalue weighted by Gasteiger charge is -2.34. The average Bonchev–Trinajstić information content (AvgIpc) is 2.67. The molecule has 1 aromatic rings. The van der Waals surface area contributed by atoms with Crippen molar-refractivity contribution in [1.29, 1.82) is 0 Å². The first-order valence-corrected chi connectivity index (χ1v) is 12.1. The van der Waals surface area contributed by atoms with Crippen molar-refractivity contribution in [2.75, 3.05) is 29.9 Å². The standard InChI is InChI=1S/C26H45N3O5/c1-19(2)17-29(21-14-12-20(13-15-21)28-24(32)34-26(6,7)8)22(18-30)11-9-10-16-27-23(31)33-25(3,4)5/h12-15,19,22,30H,9-11,16-18H2,1-8H3,(H,27,31)(H,28,32). The minimum Gasteiger partial charge on any atom is -0.444 e. The second-order valence-corrected chi connectivity index (χ2v) is 11.0. The Balaban J connectivity index is 2.69. The van der Waals surface area contributed by atoms with Gasteiger partial charge in [0.25, 0.3) is 0 Å². The Morgan fingerprint density at radius 3 is 2.00 bits per heavy atom. The van der Waals surface area contributed by atoms with Gasteiger partial charge >= 0.3 is 12.2 Å². The quantitative estimate of drug-likeness (QED) is 0.360. The van der Waals surface area contributed by atoms with Crippen LogP contribution in [0.5, 0.6) is 0 Å². The number of alkyl carbamates (subject to hydrolysis) is 1. The number of aliphatic hydroxyl groups excluding tert-OH is 1. The van der Waals surface area contributed by atoms with Gasteiger partial charge in [-0.2, -0.15) is 0 Å². The Hall–Kier alpha value is -2.48. The van der Waals surface area contributed by atoms with Gasteiger partial charge in [-0.05, 0) is 91.0 Å². The van der Waals surface area contributed by atoms with Crippen molar-refractivity contribution in [2.24, 2.45) is 5.92 Å². The number of benzene rings is 1. The van der Waals surface area contributed by atoms with E-state index in [-0.39, 0.29) is 12.6 Å². The van der Waals surface area contributed by atoms with E-state index in [0.29, 0.717) is 18.2 Å². The molecule has 1 rings (SSSR count). The summed E-state index contributed by atoms with van der Waals surface area (Å²) in [6, 6.07) is 7.52. The molecule has 0 fully saturated rings. The SMILES string of the molecule is CC(C)CN(c1ccc(NC(=O)OC(C)(C)C)cc1)C(CO)CCCCNC(=O)OC(C)(C)C. The summed E-state index contributed by atoms with van der Waals surface area (Å²) in [4.78, 5) is 26.0. The molecule has 0 heterocycles. The zero-order valence-electron chi connectivity index (χ0n) is 22.2. The molecule has 0 saturated heterocycles. The van der Waals surface area contributed by atoms with Crippen molar-refractivity contribution in [1.82, 2.24) is 5.32 Å². The minimum atomic E-state index is -0.561. The van der Waals surface area contributed by atoms with E-state index < -0.39 is 23.4 Å². The smallest absolute Gasteiger partial charge is 0.412 e. The Labute approximate surface area is 205 Å². The monoisotopic (exact) mass is 479 g/mol. The zero-order valence-corrected chi connectivity index (χ0v) is 22.2. The van der Waals surface area contributed by atoms with E-state index in [9.17, 15) is 14.7 Å². The molecule has 0 spiro atoms. The fraction of sp³-hybridized carbons (Fsp3) is 0.692. The molecule has 3 N–H and O–H groups in total. The number of carbonyl (C=O) groups is 2. The van der Waals surface area contributed by atoms with Gasteiger partial charge in [0.2, 0.25) is 0 Å². The Morgan fingerprint density at radius 2 is 1.50 bits per heavy atom. The van der Waals surface area contributed by atoms with Gasteiger partial charge < -0.3 is 24.8 Å². The van der Waals surface area contributed by atoms with Crippen LogP contribution in [-0.2, 0) is 9.47 Å². The van der Waals surface area contributed by atoms with Crippen molar-refractivity contribution in [2.45, 2.75) is 91.9 Å². The van der Waals surface area contributed by atoms with E-state index in [0.717, 1.165) is 31.5 Å². The fourth-order valence-electron chi connectivity index (χ4n) is 3.37. The topological polar surface area (TPSA) is 100 Å². The number of hydrogen-bond acceptors (Lipinski definition) is 6. The lowest BCUT2D eigenvalue weighted by Crippen LogP contribution is -2.40. The Kier molecular flexibility index (Phi) is 11.7. The molecule has 0 aliphatic rings. The predicted molar refractivity (Wildman–Crippen MR) is 137 cm³/mol. The summed E-state index contributed by atoms with van der Waals surface area (Å²) in [5.41, 5.74) is 0.557. The third kappa shape index (κ3) is 12.7. The number of carbonyl (C=O) groups excluding carboxylic acids is 2. The summed E-state index contributed by atoms with van der Waals surface area (Å²) in [6.07, 6.45) is 1.54. The van der Waals surface area contributed by atoms with Gasteiger partial charge in [0.1, 0.15) is 11.2 Å².